The first-order chi connectivity index (χ1) is 7.78. The van der Waals surface area contributed by atoms with Crippen LogP contribution >= 0.6 is 0 Å². The summed E-state index contributed by atoms with van der Waals surface area (Å²) in [4.78, 5) is 11.7. The number of rotatable bonds is 6. The summed E-state index contributed by atoms with van der Waals surface area (Å²) in [6.07, 6.45) is 8.82. The molecule has 92 valence electrons. The molecule has 1 saturated heterocycles. The van der Waals surface area contributed by atoms with Gasteiger partial charge in [0.1, 0.15) is 5.60 Å². The number of hydrogen-bond acceptors (Lipinski definition) is 3. The van der Waals surface area contributed by atoms with Crippen molar-refractivity contribution in [2.75, 3.05) is 6.61 Å². The van der Waals surface area contributed by atoms with Crippen molar-refractivity contribution in [3.63, 3.8) is 0 Å². The number of ether oxygens (including phenoxy) is 2. The molecule has 0 bridgehead atoms. The second kappa shape index (κ2) is 5.17. The van der Waals surface area contributed by atoms with Crippen LogP contribution in [0.15, 0.2) is 0 Å². The van der Waals surface area contributed by atoms with Gasteiger partial charge in [-0.2, -0.15) is 0 Å². The summed E-state index contributed by atoms with van der Waals surface area (Å²) in [7, 11) is 0. The number of epoxide rings is 1. The highest BCUT2D eigenvalue weighted by atomic mass is 16.7. The Morgan fingerprint density at radius 2 is 2.06 bits per heavy atom. The summed E-state index contributed by atoms with van der Waals surface area (Å²) < 4.78 is 10.8. The number of carbonyl (C=O) groups excluding carboxylic acids is 1. The SMILES string of the molecule is CCCCCCOC(=O)C1OC12CCCC2. The molecule has 16 heavy (non-hydrogen) atoms. The van der Waals surface area contributed by atoms with Crippen LogP contribution in [0.25, 0.3) is 0 Å². The van der Waals surface area contributed by atoms with Crippen LogP contribution in [-0.4, -0.2) is 24.3 Å². The van der Waals surface area contributed by atoms with Crippen molar-refractivity contribution >= 4 is 5.97 Å². The summed E-state index contributed by atoms with van der Waals surface area (Å²) in [6.45, 7) is 2.74. The molecule has 1 atom stereocenters. The maximum Gasteiger partial charge on any atom is 0.338 e. The largest absolute Gasteiger partial charge is 0.464 e. The standard InChI is InChI=1S/C13H22O3/c1-2-3-4-7-10-15-12(14)11-13(16-11)8-5-6-9-13/h11H,2-10H2,1H3. The van der Waals surface area contributed by atoms with E-state index in [0.717, 1.165) is 25.7 Å². The Balaban J connectivity index is 1.59. The average Bonchev–Trinajstić information content (AvgIpc) is 2.77. The quantitative estimate of drug-likeness (QED) is 0.397. The van der Waals surface area contributed by atoms with Gasteiger partial charge in [0.05, 0.1) is 6.61 Å². The molecule has 1 aliphatic carbocycles. The van der Waals surface area contributed by atoms with Crippen LogP contribution in [0.5, 0.6) is 0 Å². The summed E-state index contributed by atoms with van der Waals surface area (Å²) >= 11 is 0. The average molecular weight is 226 g/mol. The molecule has 0 aromatic heterocycles. The molecule has 0 aromatic rings. The van der Waals surface area contributed by atoms with Crippen LogP contribution in [0, 0.1) is 0 Å². The van der Waals surface area contributed by atoms with E-state index >= 15 is 0 Å². The molecule has 1 saturated carbocycles. The first kappa shape index (κ1) is 11.9. The molecule has 1 unspecified atom stereocenters. The summed E-state index contributed by atoms with van der Waals surface area (Å²) in [6, 6.07) is 0. The number of hydrogen-bond donors (Lipinski definition) is 0. The van der Waals surface area contributed by atoms with Gasteiger partial charge in [0, 0.05) is 0 Å². The van der Waals surface area contributed by atoms with Crippen molar-refractivity contribution in [1.29, 1.82) is 0 Å². The molecular formula is C13H22O3. The van der Waals surface area contributed by atoms with Gasteiger partial charge in [-0.05, 0) is 19.3 Å². The molecule has 2 fully saturated rings. The van der Waals surface area contributed by atoms with Crippen molar-refractivity contribution < 1.29 is 14.3 Å². The van der Waals surface area contributed by atoms with E-state index in [1.807, 2.05) is 0 Å². The molecule has 3 nitrogen and oxygen atoms in total. The molecule has 1 heterocycles. The minimum atomic E-state index is -0.235. The van der Waals surface area contributed by atoms with E-state index in [4.69, 9.17) is 9.47 Å². The second-order valence-corrected chi connectivity index (χ2v) is 5.00. The van der Waals surface area contributed by atoms with E-state index in [-0.39, 0.29) is 17.7 Å². The van der Waals surface area contributed by atoms with Crippen LogP contribution in [0.2, 0.25) is 0 Å². The van der Waals surface area contributed by atoms with Gasteiger partial charge < -0.3 is 9.47 Å². The van der Waals surface area contributed by atoms with E-state index in [1.54, 1.807) is 0 Å². The van der Waals surface area contributed by atoms with Crippen LogP contribution in [0.3, 0.4) is 0 Å². The van der Waals surface area contributed by atoms with E-state index in [1.165, 1.54) is 25.7 Å². The lowest BCUT2D eigenvalue weighted by atomic mass is 10.0. The van der Waals surface area contributed by atoms with Crippen molar-refractivity contribution in [3.8, 4) is 0 Å². The zero-order valence-electron chi connectivity index (χ0n) is 10.2. The third-order valence-corrected chi connectivity index (χ3v) is 3.68. The van der Waals surface area contributed by atoms with Gasteiger partial charge in [-0.25, -0.2) is 4.79 Å². The fourth-order valence-corrected chi connectivity index (χ4v) is 2.59. The van der Waals surface area contributed by atoms with Crippen LogP contribution in [0.4, 0.5) is 0 Å². The van der Waals surface area contributed by atoms with Gasteiger partial charge in [-0.3, -0.25) is 0 Å². The lowest BCUT2D eigenvalue weighted by Gasteiger charge is -2.04. The Bertz CT molecular complexity index is 244. The van der Waals surface area contributed by atoms with Gasteiger partial charge in [0.25, 0.3) is 0 Å². The predicted octanol–water partition coefficient (Wildman–Crippen LogP) is 2.82. The summed E-state index contributed by atoms with van der Waals surface area (Å²) in [5.41, 5.74) is -0.0967. The maximum atomic E-state index is 11.7. The smallest absolute Gasteiger partial charge is 0.338 e. The van der Waals surface area contributed by atoms with Gasteiger partial charge in [0.15, 0.2) is 6.10 Å². The lowest BCUT2D eigenvalue weighted by Crippen LogP contribution is -2.20. The Kier molecular flexibility index (Phi) is 3.85. The molecule has 0 N–H and O–H groups in total. The van der Waals surface area contributed by atoms with Gasteiger partial charge in [-0.1, -0.05) is 39.0 Å². The molecule has 2 aliphatic rings. The fraction of sp³-hybridized carbons (Fsp3) is 0.923. The number of carbonyl (C=O) groups is 1. The van der Waals surface area contributed by atoms with Gasteiger partial charge in [-0.15, -0.1) is 0 Å². The third-order valence-electron chi connectivity index (χ3n) is 3.68. The molecule has 3 heteroatoms. The lowest BCUT2D eigenvalue weighted by molar-refractivity contribution is -0.145. The summed E-state index contributed by atoms with van der Waals surface area (Å²) in [5, 5.41) is 0. The van der Waals surface area contributed by atoms with Crippen molar-refractivity contribution in [2.24, 2.45) is 0 Å². The van der Waals surface area contributed by atoms with Crippen molar-refractivity contribution in [3.05, 3.63) is 0 Å². The highest BCUT2D eigenvalue weighted by Gasteiger charge is 2.62. The third kappa shape index (κ3) is 2.57. The highest BCUT2D eigenvalue weighted by Crippen LogP contribution is 2.50. The van der Waals surface area contributed by atoms with Gasteiger partial charge in [0.2, 0.25) is 0 Å². The monoisotopic (exact) mass is 226 g/mol. The number of unbranched alkanes of at least 4 members (excludes halogenated alkanes) is 3. The zero-order chi connectivity index (χ0) is 11.4. The highest BCUT2D eigenvalue weighted by molar-refractivity contribution is 5.79. The van der Waals surface area contributed by atoms with Gasteiger partial charge >= 0.3 is 5.97 Å². The zero-order valence-corrected chi connectivity index (χ0v) is 10.2. The summed E-state index contributed by atoms with van der Waals surface area (Å²) in [5.74, 6) is -0.126. The van der Waals surface area contributed by atoms with E-state index in [9.17, 15) is 4.79 Å². The van der Waals surface area contributed by atoms with Crippen LogP contribution in [-0.2, 0) is 14.3 Å². The molecule has 1 aliphatic heterocycles. The maximum absolute atomic E-state index is 11.7. The Labute approximate surface area is 97.5 Å². The minimum Gasteiger partial charge on any atom is -0.464 e. The van der Waals surface area contributed by atoms with Crippen molar-refractivity contribution in [1.82, 2.24) is 0 Å². The van der Waals surface area contributed by atoms with E-state index in [2.05, 4.69) is 6.92 Å². The van der Waals surface area contributed by atoms with E-state index < -0.39 is 0 Å². The molecule has 0 aromatic carbocycles. The first-order valence-corrected chi connectivity index (χ1v) is 6.63. The normalized spacial score (nSPS) is 25.9. The first-order valence-electron chi connectivity index (χ1n) is 6.63. The molecule has 2 rings (SSSR count). The van der Waals surface area contributed by atoms with Crippen LogP contribution < -0.4 is 0 Å². The van der Waals surface area contributed by atoms with E-state index in [0.29, 0.717) is 6.61 Å². The number of esters is 1. The minimum absolute atomic E-state index is 0.0967. The van der Waals surface area contributed by atoms with Crippen LogP contribution in [0.1, 0.15) is 58.3 Å². The van der Waals surface area contributed by atoms with Crippen molar-refractivity contribution in [2.45, 2.75) is 70.0 Å². The molecule has 0 radical (unpaired) electrons. The Morgan fingerprint density at radius 3 is 2.75 bits per heavy atom. The Hall–Kier alpha value is -0.570. The topological polar surface area (TPSA) is 38.8 Å². The molecular weight excluding hydrogens is 204 g/mol. The molecule has 1 spiro atoms. The second-order valence-electron chi connectivity index (χ2n) is 5.00. The Morgan fingerprint density at radius 1 is 1.31 bits per heavy atom. The fourth-order valence-electron chi connectivity index (χ4n) is 2.59. The predicted molar refractivity (Wildman–Crippen MR) is 61.2 cm³/mol. The molecule has 0 amide bonds.